The summed E-state index contributed by atoms with van der Waals surface area (Å²) in [5.74, 6) is 0. The Bertz CT molecular complexity index is 267. The van der Waals surface area contributed by atoms with E-state index in [4.69, 9.17) is 8.85 Å². The van der Waals surface area contributed by atoms with Crippen molar-refractivity contribution in [3.63, 3.8) is 0 Å². The molecule has 0 fully saturated rings. The Balaban J connectivity index is 5.66. The van der Waals surface area contributed by atoms with Gasteiger partial charge in [0.25, 0.3) is 0 Å². The van der Waals surface area contributed by atoms with E-state index in [0.29, 0.717) is 5.67 Å². The van der Waals surface area contributed by atoms with Crippen molar-refractivity contribution >= 4 is 25.0 Å². The van der Waals surface area contributed by atoms with Crippen molar-refractivity contribution in [3.05, 3.63) is 0 Å². The van der Waals surface area contributed by atoms with Gasteiger partial charge in [-0.05, 0) is 26.8 Å². The molecular weight excluding hydrogens is 298 g/mol. The van der Waals surface area contributed by atoms with Crippen LogP contribution in [0.4, 0.5) is 0 Å². The summed E-state index contributed by atoms with van der Waals surface area (Å²) < 4.78 is 15.3. The van der Waals surface area contributed by atoms with Crippen molar-refractivity contribution in [1.29, 1.82) is 0 Å². The van der Waals surface area contributed by atoms with Crippen LogP contribution in [0.3, 0.4) is 0 Å². The van der Waals surface area contributed by atoms with E-state index in [-0.39, 0.29) is 0 Å². The van der Waals surface area contributed by atoms with Crippen molar-refractivity contribution < 1.29 is 8.85 Å². The van der Waals surface area contributed by atoms with E-state index in [9.17, 15) is 0 Å². The summed E-state index contributed by atoms with van der Waals surface area (Å²) in [6, 6.07) is 0. The molecule has 1 unspecified atom stereocenters. The highest BCUT2D eigenvalue weighted by Crippen LogP contribution is 2.31. The van der Waals surface area contributed by atoms with E-state index in [0.717, 1.165) is 19.6 Å². The van der Waals surface area contributed by atoms with Crippen molar-refractivity contribution in [2.75, 3.05) is 13.2 Å². The highest BCUT2D eigenvalue weighted by Gasteiger charge is 2.50. The first-order chi connectivity index (χ1) is 8.94. The summed E-state index contributed by atoms with van der Waals surface area (Å²) in [5, 5.41) is 0. The van der Waals surface area contributed by atoms with Gasteiger partial charge >= 0.3 is 8.56 Å². The molecule has 0 bridgehead atoms. The van der Waals surface area contributed by atoms with Crippen LogP contribution < -0.4 is 0 Å². The van der Waals surface area contributed by atoms with E-state index in [2.05, 4.69) is 70.8 Å². The molecule has 0 heterocycles. The lowest BCUT2D eigenvalue weighted by Gasteiger charge is -2.52. The van der Waals surface area contributed by atoms with E-state index in [1.807, 2.05) is 0 Å². The molecule has 0 aliphatic rings. The molecule has 0 radical (unpaired) electrons. The number of nitrogens with zero attached hydrogens (tertiary/aromatic N) is 1. The van der Waals surface area contributed by atoms with E-state index in [1.165, 1.54) is 0 Å². The van der Waals surface area contributed by atoms with Crippen molar-refractivity contribution in [2.24, 2.45) is 0 Å². The summed E-state index contributed by atoms with van der Waals surface area (Å²) in [4.78, 5) is 0. The third-order valence-electron chi connectivity index (χ3n) is 3.61. The standard InChI is InChI=1S/C14H37NO2Si3/c1-11-14(20(10,16-12-2)17-13-3)15(18(4,5)6)19(7,8)9/h14H,11-13H2,1-10H3. The normalized spacial score (nSPS) is 15.8. The minimum Gasteiger partial charge on any atom is -0.394 e. The van der Waals surface area contributed by atoms with Crippen LogP contribution in [-0.4, -0.2) is 48.1 Å². The Morgan fingerprint density at radius 3 is 1.30 bits per heavy atom. The maximum atomic E-state index is 6.21. The quantitative estimate of drug-likeness (QED) is 0.582. The van der Waals surface area contributed by atoms with Gasteiger partial charge in [0.15, 0.2) is 0 Å². The first kappa shape index (κ1) is 20.5. The van der Waals surface area contributed by atoms with Crippen LogP contribution in [0.15, 0.2) is 0 Å². The van der Waals surface area contributed by atoms with Gasteiger partial charge in [-0.15, -0.1) is 0 Å². The lowest BCUT2D eigenvalue weighted by Crippen LogP contribution is -2.71. The molecule has 0 N–H and O–H groups in total. The SMILES string of the molecule is CCO[Si](C)(OCC)C(CC)N([Si](C)(C)C)[Si](C)(C)C. The highest BCUT2D eigenvalue weighted by atomic mass is 28.4. The second-order valence-electron chi connectivity index (χ2n) is 7.52. The van der Waals surface area contributed by atoms with Gasteiger partial charge in [0.2, 0.25) is 0 Å². The molecule has 0 aliphatic heterocycles. The molecule has 0 aliphatic carbocycles. The van der Waals surface area contributed by atoms with Gasteiger partial charge in [0.05, 0.1) is 0 Å². The van der Waals surface area contributed by atoms with E-state index in [1.54, 1.807) is 0 Å². The van der Waals surface area contributed by atoms with Gasteiger partial charge in [0, 0.05) is 18.9 Å². The summed E-state index contributed by atoms with van der Waals surface area (Å²) in [7, 11) is -4.97. The molecule has 20 heavy (non-hydrogen) atoms. The molecule has 6 heteroatoms. The summed E-state index contributed by atoms with van der Waals surface area (Å²) in [6.07, 6.45) is 1.12. The van der Waals surface area contributed by atoms with Gasteiger partial charge in [-0.1, -0.05) is 46.2 Å². The van der Waals surface area contributed by atoms with Gasteiger partial charge in [-0.2, -0.15) is 0 Å². The zero-order valence-corrected chi connectivity index (χ0v) is 18.5. The number of hydrogen-bond donors (Lipinski definition) is 0. The van der Waals surface area contributed by atoms with Gasteiger partial charge < -0.3 is 13.1 Å². The molecule has 0 aromatic rings. The minimum absolute atomic E-state index is 0.473. The highest BCUT2D eigenvalue weighted by molar-refractivity contribution is 6.91. The fourth-order valence-corrected chi connectivity index (χ4v) is 20.4. The summed E-state index contributed by atoms with van der Waals surface area (Å²) >= 11 is 0. The maximum absolute atomic E-state index is 6.21. The first-order valence-corrected chi connectivity index (χ1v) is 17.3. The van der Waals surface area contributed by atoms with Crippen LogP contribution in [0.2, 0.25) is 45.8 Å². The molecule has 0 saturated carbocycles. The maximum Gasteiger partial charge on any atom is 0.351 e. The van der Waals surface area contributed by atoms with Crippen LogP contribution in [0.5, 0.6) is 0 Å². The number of hydrogen-bond acceptors (Lipinski definition) is 3. The molecule has 0 aromatic heterocycles. The Morgan fingerprint density at radius 2 is 1.10 bits per heavy atom. The monoisotopic (exact) mass is 335 g/mol. The fraction of sp³-hybridized carbons (Fsp3) is 1.00. The van der Waals surface area contributed by atoms with E-state index >= 15 is 0 Å². The van der Waals surface area contributed by atoms with Crippen LogP contribution in [0.25, 0.3) is 0 Å². The Hall–Kier alpha value is 0.531. The topological polar surface area (TPSA) is 21.7 Å². The van der Waals surface area contributed by atoms with Crippen molar-refractivity contribution in [1.82, 2.24) is 4.23 Å². The zero-order valence-electron chi connectivity index (χ0n) is 15.5. The third-order valence-corrected chi connectivity index (χ3v) is 15.3. The third kappa shape index (κ3) is 5.38. The van der Waals surface area contributed by atoms with Gasteiger partial charge in [0.1, 0.15) is 16.5 Å². The first-order valence-electron chi connectivity index (χ1n) is 8.01. The zero-order chi connectivity index (χ0) is 16.2. The van der Waals surface area contributed by atoms with E-state index < -0.39 is 25.0 Å². The average molecular weight is 336 g/mol. The lowest BCUT2D eigenvalue weighted by molar-refractivity contribution is 0.166. The lowest BCUT2D eigenvalue weighted by atomic mass is 10.5. The Labute approximate surface area is 130 Å². The Kier molecular flexibility index (Phi) is 7.89. The molecule has 0 spiro atoms. The second-order valence-corrected chi connectivity index (χ2v) is 20.9. The Morgan fingerprint density at radius 1 is 0.750 bits per heavy atom. The van der Waals surface area contributed by atoms with Gasteiger partial charge in [-0.25, -0.2) is 0 Å². The average Bonchev–Trinajstić information content (AvgIpc) is 2.22. The molecule has 3 nitrogen and oxygen atoms in total. The van der Waals surface area contributed by atoms with Crippen molar-refractivity contribution in [2.45, 2.75) is 78.7 Å². The largest absolute Gasteiger partial charge is 0.394 e. The van der Waals surface area contributed by atoms with Gasteiger partial charge in [-0.3, -0.25) is 0 Å². The summed E-state index contributed by atoms with van der Waals surface area (Å²) in [6.45, 7) is 25.0. The fourth-order valence-electron chi connectivity index (χ4n) is 3.54. The molecule has 0 rings (SSSR count). The molecular formula is C14H37NO2Si3. The van der Waals surface area contributed by atoms with Crippen LogP contribution in [-0.2, 0) is 8.85 Å². The number of rotatable bonds is 9. The van der Waals surface area contributed by atoms with Crippen molar-refractivity contribution in [3.8, 4) is 0 Å². The summed E-state index contributed by atoms with van der Waals surface area (Å²) in [5.41, 5.74) is 0.473. The minimum atomic E-state index is -2.17. The predicted octanol–water partition coefficient (Wildman–Crippen LogP) is 4.42. The predicted molar refractivity (Wildman–Crippen MR) is 97.5 cm³/mol. The van der Waals surface area contributed by atoms with Crippen LogP contribution in [0, 0.1) is 0 Å². The molecule has 1 atom stereocenters. The smallest absolute Gasteiger partial charge is 0.351 e. The molecule has 0 amide bonds. The molecule has 0 saturated heterocycles. The molecule has 122 valence electrons. The van der Waals surface area contributed by atoms with Crippen LogP contribution in [0.1, 0.15) is 27.2 Å². The second kappa shape index (κ2) is 7.69. The molecule has 0 aromatic carbocycles. The van der Waals surface area contributed by atoms with Crippen LogP contribution >= 0.6 is 0 Å².